The van der Waals surface area contributed by atoms with Crippen LogP contribution in [0, 0.1) is 11.6 Å². The van der Waals surface area contributed by atoms with E-state index in [-0.39, 0.29) is 16.6 Å². The van der Waals surface area contributed by atoms with E-state index in [1.54, 1.807) is 24.1 Å². The van der Waals surface area contributed by atoms with Gasteiger partial charge in [0.05, 0.1) is 4.90 Å². The molecule has 1 aliphatic rings. The summed E-state index contributed by atoms with van der Waals surface area (Å²) in [5.74, 6) is -0.532. The van der Waals surface area contributed by atoms with Gasteiger partial charge in [-0.15, -0.1) is 0 Å². The summed E-state index contributed by atoms with van der Waals surface area (Å²) >= 11 is 0. The van der Waals surface area contributed by atoms with Crippen molar-refractivity contribution < 1.29 is 17.2 Å². The van der Waals surface area contributed by atoms with Crippen LogP contribution < -0.4 is 20.7 Å². The van der Waals surface area contributed by atoms with Gasteiger partial charge in [-0.2, -0.15) is 0 Å². The molecule has 1 unspecified atom stereocenters. The van der Waals surface area contributed by atoms with E-state index in [0.29, 0.717) is 32.0 Å². The monoisotopic (exact) mass is 437 g/mol. The maximum Gasteiger partial charge on any atom is 0.238 e. The lowest BCUT2D eigenvalue weighted by Crippen LogP contribution is -2.45. The lowest BCUT2D eigenvalue weighted by molar-refractivity contribution is 0.576. The minimum Gasteiger partial charge on any atom is -0.365 e. The van der Waals surface area contributed by atoms with Gasteiger partial charge in [0.25, 0.3) is 0 Å². The average Bonchev–Trinajstić information content (AvgIpc) is 3.15. The van der Waals surface area contributed by atoms with E-state index in [4.69, 9.17) is 5.14 Å². The van der Waals surface area contributed by atoms with Crippen LogP contribution in [0.2, 0.25) is 0 Å². The Hall–Kier alpha value is -2.72. The molecule has 2 aromatic rings. The number of para-hydroxylation sites is 1. The minimum absolute atomic E-state index is 0.00394. The molecule has 30 heavy (non-hydrogen) atoms. The smallest absolute Gasteiger partial charge is 0.238 e. The molecule has 0 amide bonds. The Balaban J connectivity index is 1.49. The van der Waals surface area contributed by atoms with Gasteiger partial charge in [-0.3, -0.25) is 4.99 Å². The van der Waals surface area contributed by atoms with E-state index < -0.39 is 21.7 Å². The van der Waals surface area contributed by atoms with Crippen molar-refractivity contribution in [1.29, 1.82) is 0 Å². The molecule has 7 nitrogen and oxygen atoms in total. The molecule has 162 valence electrons. The molecule has 1 saturated heterocycles. The third-order valence-corrected chi connectivity index (χ3v) is 5.89. The number of halogens is 2. The van der Waals surface area contributed by atoms with Crippen LogP contribution in [0.5, 0.6) is 0 Å². The van der Waals surface area contributed by atoms with E-state index in [1.807, 2.05) is 0 Å². The fourth-order valence-electron chi connectivity index (χ4n) is 3.43. The van der Waals surface area contributed by atoms with Gasteiger partial charge >= 0.3 is 0 Å². The quantitative estimate of drug-likeness (QED) is 0.471. The molecule has 3 rings (SSSR count). The van der Waals surface area contributed by atoms with Gasteiger partial charge in [-0.25, -0.2) is 22.3 Å². The number of hydrogen-bond acceptors (Lipinski definition) is 4. The van der Waals surface area contributed by atoms with Crippen molar-refractivity contribution in [2.75, 3.05) is 31.6 Å². The predicted octanol–water partition coefficient (Wildman–Crippen LogP) is 1.60. The number of rotatable bonds is 6. The number of hydrogen-bond donors (Lipinski definition) is 3. The molecule has 1 fully saturated rings. The standard InChI is InChI=1S/C20H25F2N5O2S/c1-24-20(25-11-9-14-5-7-16(8-6-14)30(23,28)29)26-15-10-12-27(13-15)19-17(21)3-2-4-18(19)22/h2-8,15H,9-13H2,1H3,(H2,23,28,29)(H2,24,25,26). The Morgan fingerprint density at radius 2 is 1.87 bits per heavy atom. The van der Waals surface area contributed by atoms with Gasteiger partial charge in [0.15, 0.2) is 5.96 Å². The first-order valence-electron chi connectivity index (χ1n) is 9.56. The van der Waals surface area contributed by atoms with Crippen LogP contribution in [-0.2, 0) is 16.4 Å². The van der Waals surface area contributed by atoms with Gasteiger partial charge in [0, 0.05) is 32.7 Å². The number of benzene rings is 2. The molecule has 0 radical (unpaired) electrons. The highest BCUT2D eigenvalue weighted by Crippen LogP contribution is 2.26. The van der Waals surface area contributed by atoms with E-state index in [0.717, 1.165) is 12.0 Å². The van der Waals surface area contributed by atoms with Gasteiger partial charge in [-0.05, 0) is 42.7 Å². The topological polar surface area (TPSA) is 99.8 Å². The zero-order chi connectivity index (χ0) is 21.7. The summed E-state index contributed by atoms with van der Waals surface area (Å²) < 4.78 is 50.6. The molecular formula is C20H25F2N5O2S. The average molecular weight is 438 g/mol. The molecule has 0 aliphatic carbocycles. The first-order valence-corrected chi connectivity index (χ1v) is 11.1. The predicted molar refractivity (Wildman–Crippen MR) is 113 cm³/mol. The molecule has 1 heterocycles. The summed E-state index contributed by atoms with van der Waals surface area (Å²) in [5.41, 5.74) is 0.958. The number of anilines is 1. The third kappa shape index (κ3) is 5.45. The Labute approximate surface area is 175 Å². The van der Waals surface area contributed by atoms with Crippen LogP contribution in [0.15, 0.2) is 52.4 Å². The molecule has 2 aromatic carbocycles. The van der Waals surface area contributed by atoms with Crippen LogP contribution in [-0.4, -0.2) is 47.1 Å². The van der Waals surface area contributed by atoms with Gasteiger partial charge in [0.2, 0.25) is 10.0 Å². The summed E-state index contributed by atoms with van der Waals surface area (Å²) in [5, 5.41) is 11.6. The second-order valence-electron chi connectivity index (χ2n) is 7.08. The molecule has 0 aromatic heterocycles. The highest BCUT2D eigenvalue weighted by atomic mass is 32.2. The summed E-state index contributed by atoms with van der Waals surface area (Å²) in [6, 6.07) is 10.3. The van der Waals surface area contributed by atoms with Crippen LogP contribution in [0.1, 0.15) is 12.0 Å². The molecular weight excluding hydrogens is 412 g/mol. The number of nitrogens with zero attached hydrogens (tertiary/aromatic N) is 2. The Bertz CT molecular complexity index is 992. The van der Waals surface area contributed by atoms with E-state index in [1.165, 1.54) is 30.3 Å². The molecule has 1 atom stereocenters. The van der Waals surface area contributed by atoms with Crippen molar-refractivity contribution in [3.63, 3.8) is 0 Å². The summed E-state index contributed by atoms with van der Waals surface area (Å²) in [6.07, 6.45) is 1.38. The first-order chi connectivity index (χ1) is 14.3. The largest absolute Gasteiger partial charge is 0.365 e. The van der Waals surface area contributed by atoms with E-state index in [9.17, 15) is 17.2 Å². The molecule has 4 N–H and O–H groups in total. The highest BCUT2D eigenvalue weighted by molar-refractivity contribution is 7.89. The van der Waals surface area contributed by atoms with Crippen molar-refractivity contribution in [3.05, 3.63) is 59.7 Å². The number of aliphatic imine (C=N–C) groups is 1. The van der Waals surface area contributed by atoms with Crippen LogP contribution >= 0.6 is 0 Å². The second kappa shape index (κ2) is 9.40. The van der Waals surface area contributed by atoms with E-state index in [2.05, 4.69) is 15.6 Å². The van der Waals surface area contributed by atoms with Crippen molar-refractivity contribution in [2.24, 2.45) is 10.1 Å². The number of primary sulfonamides is 1. The second-order valence-corrected chi connectivity index (χ2v) is 8.65. The SMILES string of the molecule is CN=C(NCCc1ccc(S(N)(=O)=O)cc1)NC1CCN(c2c(F)cccc2F)C1. The lowest BCUT2D eigenvalue weighted by atomic mass is 10.1. The van der Waals surface area contributed by atoms with Gasteiger partial charge in [0.1, 0.15) is 17.3 Å². The Morgan fingerprint density at radius 1 is 1.20 bits per heavy atom. The normalized spacial score (nSPS) is 17.3. The molecule has 10 heteroatoms. The maximum absolute atomic E-state index is 14.0. The molecule has 0 saturated carbocycles. The van der Waals surface area contributed by atoms with Crippen molar-refractivity contribution in [3.8, 4) is 0 Å². The van der Waals surface area contributed by atoms with Crippen molar-refractivity contribution in [2.45, 2.75) is 23.8 Å². The maximum atomic E-state index is 14.0. The Morgan fingerprint density at radius 3 is 2.47 bits per heavy atom. The zero-order valence-corrected chi connectivity index (χ0v) is 17.4. The van der Waals surface area contributed by atoms with Gasteiger partial charge in [-0.1, -0.05) is 18.2 Å². The van der Waals surface area contributed by atoms with Gasteiger partial charge < -0.3 is 15.5 Å². The van der Waals surface area contributed by atoms with E-state index >= 15 is 0 Å². The molecule has 0 bridgehead atoms. The fraction of sp³-hybridized carbons (Fsp3) is 0.350. The summed E-state index contributed by atoms with van der Waals surface area (Å²) in [7, 11) is -2.04. The Kier molecular flexibility index (Phi) is 6.88. The van der Waals surface area contributed by atoms with Crippen molar-refractivity contribution in [1.82, 2.24) is 10.6 Å². The zero-order valence-electron chi connectivity index (χ0n) is 16.6. The molecule has 1 aliphatic heterocycles. The number of guanidine groups is 1. The fourth-order valence-corrected chi connectivity index (χ4v) is 3.95. The van der Waals surface area contributed by atoms with Crippen LogP contribution in [0.25, 0.3) is 0 Å². The van der Waals surface area contributed by atoms with Crippen LogP contribution in [0.3, 0.4) is 0 Å². The third-order valence-electron chi connectivity index (χ3n) is 4.96. The lowest BCUT2D eigenvalue weighted by Gasteiger charge is -2.21. The van der Waals surface area contributed by atoms with Crippen LogP contribution in [0.4, 0.5) is 14.5 Å². The summed E-state index contributed by atoms with van der Waals surface area (Å²) in [4.78, 5) is 5.97. The van der Waals surface area contributed by atoms with Crippen molar-refractivity contribution >= 4 is 21.7 Å². The highest BCUT2D eigenvalue weighted by Gasteiger charge is 2.27. The summed E-state index contributed by atoms with van der Waals surface area (Å²) in [6.45, 7) is 1.59. The minimum atomic E-state index is -3.70. The number of nitrogens with one attached hydrogen (secondary N) is 2. The number of nitrogens with two attached hydrogens (primary N) is 1. The number of sulfonamides is 1. The first kappa shape index (κ1) is 22.0. The molecule has 0 spiro atoms.